The number of rotatable bonds is 6. The molecular formula is C25H21FN2O2. The number of hydrogen-bond donors (Lipinski definition) is 1. The fraction of sp³-hybridized carbons (Fsp3) is 0.120. The van der Waals surface area contributed by atoms with Gasteiger partial charge in [0.25, 0.3) is 5.69 Å². The van der Waals surface area contributed by atoms with Gasteiger partial charge in [0.15, 0.2) is 0 Å². The molecule has 5 heteroatoms. The van der Waals surface area contributed by atoms with Gasteiger partial charge in [-0.25, -0.2) is 4.39 Å². The normalized spacial score (nSPS) is 13.1. The van der Waals surface area contributed by atoms with Gasteiger partial charge in [0.1, 0.15) is 5.82 Å². The molecule has 0 saturated carbocycles. The highest BCUT2D eigenvalue weighted by atomic mass is 19.1. The van der Waals surface area contributed by atoms with E-state index in [1.807, 2.05) is 24.3 Å². The van der Waals surface area contributed by atoms with Crippen LogP contribution < -0.4 is 5.32 Å². The maximum Gasteiger partial charge on any atom is 0.269 e. The molecule has 0 amide bonds. The van der Waals surface area contributed by atoms with Gasteiger partial charge in [-0.05, 0) is 46.5 Å². The van der Waals surface area contributed by atoms with Gasteiger partial charge in [-0.3, -0.25) is 15.4 Å². The van der Waals surface area contributed by atoms with E-state index in [0.29, 0.717) is 0 Å². The van der Waals surface area contributed by atoms with E-state index in [1.165, 1.54) is 18.2 Å². The lowest BCUT2D eigenvalue weighted by Gasteiger charge is -2.25. The molecule has 0 aliphatic rings. The van der Waals surface area contributed by atoms with E-state index >= 15 is 0 Å². The molecule has 4 rings (SSSR count). The lowest BCUT2D eigenvalue weighted by molar-refractivity contribution is -0.384. The lowest BCUT2D eigenvalue weighted by Crippen LogP contribution is -2.26. The predicted molar refractivity (Wildman–Crippen MR) is 117 cm³/mol. The van der Waals surface area contributed by atoms with Gasteiger partial charge in [-0.15, -0.1) is 0 Å². The zero-order valence-electron chi connectivity index (χ0n) is 16.5. The molecule has 1 N–H and O–H groups in total. The average molecular weight is 400 g/mol. The first-order valence-electron chi connectivity index (χ1n) is 9.76. The van der Waals surface area contributed by atoms with Crippen molar-refractivity contribution in [1.82, 2.24) is 5.32 Å². The second kappa shape index (κ2) is 8.43. The van der Waals surface area contributed by atoms with Crippen LogP contribution in [-0.2, 0) is 0 Å². The summed E-state index contributed by atoms with van der Waals surface area (Å²) in [4.78, 5) is 10.9. The van der Waals surface area contributed by atoms with Crippen LogP contribution in [0.25, 0.3) is 10.8 Å². The lowest BCUT2D eigenvalue weighted by atomic mass is 9.94. The summed E-state index contributed by atoms with van der Waals surface area (Å²) < 4.78 is 13.5. The maximum absolute atomic E-state index is 13.5. The van der Waals surface area contributed by atoms with Crippen LogP contribution in [0.4, 0.5) is 10.1 Å². The Hall–Kier alpha value is -3.57. The number of nitrogens with one attached hydrogen (secondary N) is 1. The summed E-state index contributed by atoms with van der Waals surface area (Å²) in [6.07, 6.45) is 0. The SMILES string of the molecule is C[C@@H](NC(c1ccc(F)cc1)c1cccc([N+](=O)[O-])c1)c1cccc2ccccc12. The summed E-state index contributed by atoms with van der Waals surface area (Å²) in [5.41, 5.74) is 2.75. The Labute approximate surface area is 174 Å². The van der Waals surface area contributed by atoms with Gasteiger partial charge in [0.2, 0.25) is 0 Å². The van der Waals surface area contributed by atoms with E-state index in [4.69, 9.17) is 0 Å². The zero-order chi connectivity index (χ0) is 21.1. The van der Waals surface area contributed by atoms with Crippen LogP contribution in [-0.4, -0.2) is 4.92 Å². The van der Waals surface area contributed by atoms with Crippen molar-refractivity contribution in [2.45, 2.75) is 19.0 Å². The van der Waals surface area contributed by atoms with Crippen molar-refractivity contribution >= 4 is 16.5 Å². The number of nitro benzene ring substituents is 1. The van der Waals surface area contributed by atoms with Crippen molar-refractivity contribution in [3.05, 3.63) is 124 Å². The Morgan fingerprint density at radius 2 is 1.57 bits per heavy atom. The van der Waals surface area contributed by atoms with Gasteiger partial charge < -0.3 is 0 Å². The Morgan fingerprint density at radius 1 is 0.867 bits per heavy atom. The first kappa shape index (κ1) is 19.7. The highest BCUT2D eigenvalue weighted by Crippen LogP contribution is 2.31. The van der Waals surface area contributed by atoms with Crippen LogP contribution in [0.1, 0.15) is 35.7 Å². The molecule has 150 valence electrons. The van der Waals surface area contributed by atoms with Gasteiger partial charge >= 0.3 is 0 Å². The maximum atomic E-state index is 13.5. The third kappa shape index (κ3) is 4.07. The van der Waals surface area contributed by atoms with Gasteiger partial charge in [-0.2, -0.15) is 0 Å². The highest BCUT2D eigenvalue weighted by Gasteiger charge is 2.20. The second-order valence-corrected chi connectivity index (χ2v) is 7.29. The average Bonchev–Trinajstić information content (AvgIpc) is 2.77. The summed E-state index contributed by atoms with van der Waals surface area (Å²) in [7, 11) is 0. The van der Waals surface area contributed by atoms with Crippen molar-refractivity contribution in [2.75, 3.05) is 0 Å². The highest BCUT2D eigenvalue weighted by molar-refractivity contribution is 5.86. The summed E-state index contributed by atoms with van der Waals surface area (Å²) in [5.74, 6) is -0.321. The predicted octanol–water partition coefficient (Wildman–Crippen LogP) is 6.33. The largest absolute Gasteiger partial charge is 0.300 e. The fourth-order valence-corrected chi connectivity index (χ4v) is 3.83. The van der Waals surface area contributed by atoms with Crippen molar-refractivity contribution in [3.63, 3.8) is 0 Å². The minimum atomic E-state index is -0.403. The van der Waals surface area contributed by atoms with E-state index in [-0.39, 0.29) is 23.6 Å². The minimum Gasteiger partial charge on any atom is -0.300 e. The van der Waals surface area contributed by atoms with Crippen LogP contribution in [0.5, 0.6) is 0 Å². The summed E-state index contributed by atoms with van der Waals surface area (Å²) in [6, 6.07) is 26.8. The molecule has 2 atom stereocenters. The van der Waals surface area contributed by atoms with Crippen molar-refractivity contribution in [2.24, 2.45) is 0 Å². The third-order valence-corrected chi connectivity index (χ3v) is 5.32. The number of nitrogens with zero attached hydrogens (tertiary/aromatic N) is 1. The molecule has 0 aliphatic carbocycles. The van der Waals surface area contributed by atoms with Gasteiger partial charge in [0, 0.05) is 18.2 Å². The van der Waals surface area contributed by atoms with Crippen LogP contribution in [0.15, 0.2) is 91.0 Å². The zero-order valence-corrected chi connectivity index (χ0v) is 16.5. The standard InChI is InChI=1S/C25H21FN2O2/c1-17(23-11-5-7-18-6-2-3-10-24(18)23)27-25(19-12-14-21(26)15-13-19)20-8-4-9-22(16-20)28(29)30/h2-17,25,27H,1H3/t17-,25?/m1/s1. The number of halogens is 1. The first-order chi connectivity index (χ1) is 14.5. The molecule has 0 bridgehead atoms. The van der Waals surface area contributed by atoms with E-state index in [2.05, 4.69) is 36.5 Å². The Morgan fingerprint density at radius 3 is 2.33 bits per heavy atom. The van der Waals surface area contributed by atoms with Gasteiger partial charge in [-0.1, -0.05) is 66.7 Å². The minimum absolute atomic E-state index is 0.0271. The molecule has 0 spiro atoms. The molecule has 4 nitrogen and oxygen atoms in total. The fourth-order valence-electron chi connectivity index (χ4n) is 3.83. The van der Waals surface area contributed by atoms with E-state index < -0.39 is 4.92 Å². The Balaban J connectivity index is 1.75. The van der Waals surface area contributed by atoms with Crippen LogP contribution in [0.2, 0.25) is 0 Å². The van der Waals surface area contributed by atoms with Crippen LogP contribution >= 0.6 is 0 Å². The molecule has 30 heavy (non-hydrogen) atoms. The molecule has 0 heterocycles. The Kier molecular flexibility index (Phi) is 5.55. The smallest absolute Gasteiger partial charge is 0.269 e. The van der Waals surface area contributed by atoms with Crippen LogP contribution in [0, 0.1) is 15.9 Å². The third-order valence-electron chi connectivity index (χ3n) is 5.32. The number of benzene rings is 4. The molecule has 4 aromatic carbocycles. The van der Waals surface area contributed by atoms with Crippen molar-refractivity contribution in [1.29, 1.82) is 0 Å². The number of fused-ring (bicyclic) bond motifs is 1. The summed E-state index contributed by atoms with van der Waals surface area (Å²) in [5, 5.41) is 17.2. The number of nitro groups is 1. The summed E-state index contributed by atoms with van der Waals surface area (Å²) in [6.45, 7) is 2.07. The van der Waals surface area contributed by atoms with Crippen molar-refractivity contribution < 1.29 is 9.31 Å². The number of non-ortho nitro benzene ring substituents is 1. The van der Waals surface area contributed by atoms with Crippen molar-refractivity contribution in [3.8, 4) is 0 Å². The monoisotopic (exact) mass is 400 g/mol. The first-order valence-corrected chi connectivity index (χ1v) is 9.76. The quantitative estimate of drug-likeness (QED) is 0.304. The molecule has 4 aromatic rings. The molecular weight excluding hydrogens is 379 g/mol. The molecule has 1 unspecified atom stereocenters. The van der Waals surface area contributed by atoms with E-state index in [9.17, 15) is 14.5 Å². The van der Waals surface area contributed by atoms with Crippen LogP contribution in [0.3, 0.4) is 0 Å². The second-order valence-electron chi connectivity index (χ2n) is 7.29. The van der Waals surface area contributed by atoms with E-state index in [0.717, 1.165) is 27.5 Å². The molecule has 0 saturated heterocycles. The molecule has 0 aliphatic heterocycles. The topological polar surface area (TPSA) is 55.2 Å². The Bertz CT molecular complexity index is 1190. The molecule has 0 aromatic heterocycles. The van der Waals surface area contributed by atoms with E-state index in [1.54, 1.807) is 24.3 Å². The number of hydrogen-bond acceptors (Lipinski definition) is 3. The molecule has 0 radical (unpaired) electrons. The summed E-state index contributed by atoms with van der Waals surface area (Å²) >= 11 is 0. The van der Waals surface area contributed by atoms with Gasteiger partial charge in [0.05, 0.1) is 11.0 Å². The molecule has 0 fully saturated rings.